The summed E-state index contributed by atoms with van der Waals surface area (Å²) < 4.78 is 0. The molecule has 3 N–H and O–H groups in total. The molecule has 1 aliphatic rings. The molecule has 0 aromatic heterocycles. The van der Waals surface area contributed by atoms with Crippen molar-refractivity contribution in [1.82, 2.24) is 5.32 Å². The maximum Gasteiger partial charge on any atom is 0.305 e. The van der Waals surface area contributed by atoms with Gasteiger partial charge in [-0.15, -0.1) is 0 Å². The Kier molecular flexibility index (Phi) is 5.37. The van der Waals surface area contributed by atoms with Gasteiger partial charge in [0.15, 0.2) is 0 Å². The maximum atomic E-state index is 11.1. The number of hydrogen-bond donors (Lipinski definition) is 3. The van der Waals surface area contributed by atoms with Crippen LogP contribution in [0.3, 0.4) is 0 Å². The Morgan fingerprint density at radius 2 is 2.00 bits per heavy atom. The van der Waals surface area contributed by atoms with Gasteiger partial charge in [0.1, 0.15) is 0 Å². The first-order valence-corrected chi connectivity index (χ1v) is 7.70. The van der Waals surface area contributed by atoms with Gasteiger partial charge in [-0.3, -0.25) is 4.79 Å². The molecule has 0 radical (unpaired) electrons. The second-order valence-corrected chi connectivity index (χ2v) is 6.16. The molecule has 0 heterocycles. The zero-order chi connectivity index (χ0) is 15.4. The molecule has 0 spiro atoms. The smallest absolute Gasteiger partial charge is 0.305 e. The van der Waals surface area contributed by atoms with Crippen molar-refractivity contribution in [2.24, 2.45) is 0 Å². The van der Waals surface area contributed by atoms with Crippen LogP contribution in [0.1, 0.15) is 54.9 Å². The number of carbonyl (C=O) groups is 1. The molecular weight excluding hydrogens is 266 g/mol. The van der Waals surface area contributed by atoms with Crippen LogP contribution in [0, 0.1) is 13.8 Å². The van der Waals surface area contributed by atoms with E-state index in [0.29, 0.717) is 6.04 Å². The maximum absolute atomic E-state index is 11.1. The molecular formula is C17H25NO3. The number of aliphatic hydroxyl groups excluding tert-OH is 1. The number of carboxylic acid groups (broad SMARTS) is 1. The lowest BCUT2D eigenvalue weighted by atomic mass is 9.94. The predicted octanol–water partition coefficient (Wildman–Crippen LogP) is 2.71. The summed E-state index contributed by atoms with van der Waals surface area (Å²) in [5.74, 6) is -0.880. The highest BCUT2D eigenvalue weighted by Gasteiger charge is 2.28. The Balaban J connectivity index is 2.15. The lowest BCUT2D eigenvalue weighted by Crippen LogP contribution is -2.42. The van der Waals surface area contributed by atoms with Crippen LogP contribution in [-0.2, 0) is 4.79 Å². The highest BCUT2D eigenvalue weighted by Crippen LogP contribution is 2.26. The highest BCUT2D eigenvalue weighted by atomic mass is 16.4. The van der Waals surface area contributed by atoms with Crippen LogP contribution in [0.5, 0.6) is 0 Å². The number of rotatable bonds is 6. The van der Waals surface area contributed by atoms with Gasteiger partial charge in [-0.2, -0.15) is 0 Å². The summed E-state index contributed by atoms with van der Waals surface area (Å²) in [7, 11) is 0. The van der Waals surface area contributed by atoms with Gasteiger partial charge in [0.05, 0.1) is 12.5 Å². The molecule has 1 aromatic rings. The van der Waals surface area contributed by atoms with Crippen molar-refractivity contribution in [3.63, 3.8) is 0 Å². The zero-order valence-corrected chi connectivity index (χ0v) is 12.8. The van der Waals surface area contributed by atoms with E-state index in [1.807, 2.05) is 32.0 Å². The summed E-state index contributed by atoms with van der Waals surface area (Å²) in [5.41, 5.74) is 2.96. The van der Waals surface area contributed by atoms with Crippen molar-refractivity contribution in [2.45, 2.75) is 64.1 Å². The lowest BCUT2D eigenvalue weighted by molar-refractivity contribution is -0.138. The third-order valence-corrected chi connectivity index (χ3v) is 4.32. The van der Waals surface area contributed by atoms with Gasteiger partial charge in [-0.05, 0) is 37.8 Å². The average Bonchev–Trinajstić information content (AvgIpc) is 2.89. The molecule has 0 bridgehead atoms. The second kappa shape index (κ2) is 7.05. The number of hydrogen-bond acceptors (Lipinski definition) is 3. The van der Waals surface area contributed by atoms with Crippen LogP contribution in [0.25, 0.3) is 0 Å². The molecule has 1 fully saturated rings. The van der Waals surface area contributed by atoms with Crippen molar-refractivity contribution < 1.29 is 15.0 Å². The number of benzene rings is 1. The predicted molar refractivity (Wildman–Crippen MR) is 82.3 cm³/mol. The van der Waals surface area contributed by atoms with Gasteiger partial charge in [0.25, 0.3) is 0 Å². The normalized spacial score (nSPS) is 18.6. The van der Waals surface area contributed by atoms with Gasteiger partial charge in [-0.1, -0.05) is 36.6 Å². The number of aryl methyl sites for hydroxylation is 2. The summed E-state index contributed by atoms with van der Waals surface area (Å²) in [4.78, 5) is 11.1. The molecule has 0 aliphatic heterocycles. The van der Waals surface area contributed by atoms with Crippen molar-refractivity contribution in [3.05, 3.63) is 34.9 Å². The van der Waals surface area contributed by atoms with Gasteiger partial charge in [-0.25, -0.2) is 0 Å². The molecule has 2 rings (SSSR count). The first-order chi connectivity index (χ1) is 9.97. The zero-order valence-electron chi connectivity index (χ0n) is 12.8. The van der Waals surface area contributed by atoms with Crippen LogP contribution in [-0.4, -0.2) is 28.3 Å². The van der Waals surface area contributed by atoms with Gasteiger partial charge in [0.2, 0.25) is 0 Å². The minimum atomic E-state index is -0.880. The molecule has 116 valence electrons. The van der Waals surface area contributed by atoms with Crippen LogP contribution >= 0.6 is 0 Å². The minimum Gasteiger partial charge on any atom is -0.481 e. The van der Waals surface area contributed by atoms with E-state index >= 15 is 0 Å². The van der Waals surface area contributed by atoms with Crippen molar-refractivity contribution in [1.29, 1.82) is 0 Å². The third kappa shape index (κ3) is 4.29. The van der Waals surface area contributed by atoms with E-state index in [-0.39, 0.29) is 6.42 Å². The molecule has 1 saturated carbocycles. The highest BCUT2D eigenvalue weighted by molar-refractivity contribution is 5.67. The van der Waals surface area contributed by atoms with E-state index < -0.39 is 18.1 Å². The second-order valence-electron chi connectivity index (χ2n) is 6.16. The summed E-state index contributed by atoms with van der Waals surface area (Å²) in [6.45, 7) is 3.97. The van der Waals surface area contributed by atoms with Crippen LogP contribution < -0.4 is 5.32 Å². The van der Waals surface area contributed by atoms with Crippen LogP contribution in [0.4, 0.5) is 0 Å². The molecule has 4 nitrogen and oxygen atoms in total. The van der Waals surface area contributed by atoms with E-state index in [1.54, 1.807) is 0 Å². The Morgan fingerprint density at radius 1 is 1.33 bits per heavy atom. The number of carboxylic acids is 1. The Hall–Kier alpha value is -1.39. The lowest BCUT2D eigenvalue weighted by Gasteiger charge is -2.27. The fourth-order valence-electron chi connectivity index (χ4n) is 3.22. The largest absolute Gasteiger partial charge is 0.481 e. The summed E-state index contributed by atoms with van der Waals surface area (Å²) >= 11 is 0. The summed E-state index contributed by atoms with van der Waals surface area (Å²) in [6.07, 6.45) is 3.63. The monoisotopic (exact) mass is 291 g/mol. The van der Waals surface area contributed by atoms with Gasteiger partial charge < -0.3 is 15.5 Å². The molecule has 2 unspecified atom stereocenters. The van der Waals surface area contributed by atoms with E-state index in [1.165, 1.54) is 12.8 Å². The quantitative estimate of drug-likeness (QED) is 0.753. The van der Waals surface area contributed by atoms with Crippen molar-refractivity contribution in [3.8, 4) is 0 Å². The summed E-state index contributed by atoms with van der Waals surface area (Å²) in [5, 5.41) is 23.1. The van der Waals surface area contributed by atoms with Crippen molar-refractivity contribution in [2.75, 3.05) is 0 Å². The molecule has 0 amide bonds. The molecule has 1 aromatic carbocycles. The number of aliphatic hydroxyl groups is 1. The minimum absolute atomic E-state index is 0.0645. The molecule has 4 heteroatoms. The standard InChI is InChI=1S/C17H25NO3/c1-11-7-8-14(12(2)9-11)17(21)15(10-16(19)20)18-13-5-3-4-6-13/h7-9,13,15,17-18,21H,3-6,10H2,1-2H3,(H,19,20). The Labute approximate surface area is 126 Å². The Morgan fingerprint density at radius 3 is 2.57 bits per heavy atom. The van der Waals surface area contributed by atoms with Crippen LogP contribution in [0.2, 0.25) is 0 Å². The first kappa shape index (κ1) is 16.0. The Bertz CT molecular complexity index is 495. The number of aliphatic carboxylic acids is 1. The van der Waals surface area contributed by atoms with Crippen LogP contribution in [0.15, 0.2) is 18.2 Å². The van der Waals surface area contributed by atoms with E-state index in [9.17, 15) is 9.90 Å². The van der Waals surface area contributed by atoms with E-state index in [0.717, 1.165) is 29.5 Å². The number of nitrogens with one attached hydrogen (secondary N) is 1. The van der Waals surface area contributed by atoms with E-state index in [4.69, 9.17) is 5.11 Å². The fraction of sp³-hybridized carbons (Fsp3) is 0.588. The molecule has 2 atom stereocenters. The van der Waals surface area contributed by atoms with Gasteiger partial charge in [0, 0.05) is 12.1 Å². The third-order valence-electron chi connectivity index (χ3n) is 4.32. The molecule has 0 saturated heterocycles. The average molecular weight is 291 g/mol. The molecule has 21 heavy (non-hydrogen) atoms. The fourth-order valence-corrected chi connectivity index (χ4v) is 3.22. The summed E-state index contributed by atoms with van der Waals surface area (Å²) in [6, 6.07) is 5.77. The molecule has 1 aliphatic carbocycles. The first-order valence-electron chi connectivity index (χ1n) is 7.70. The SMILES string of the molecule is Cc1ccc(C(O)C(CC(=O)O)NC2CCCC2)c(C)c1. The van der Waals surface area contributed by atoms with Gasteiger partial charge >= 0.3 is 5.97 Å². The topological polar surface area (TPSA) is 69.6 Å². The van der Waals surface area contributed by atoms with E-state index in [2.05, 4.69) is 5.32 Å². The van der Waals surface area contributed by atoms with Crippen molar-refractivity contribution >= 4 is 5.97 Å².